The summed E-state index contributed by atoms with van der Waals surface area (Å²) in [5.74, 6) is 1.09. The Morgan fingerprint density at radius 3 is 2.52 bits per heavy atom. The van der Waals surface area contributed by atoms with Gasteiger partial charge in [-0.15, -0.1) is 11.3 Å². The van der Waals surface area contributed by atoms with Gasteiger partial charge in [0.2, 0.25) is 0 Å². The van der Waals surface area contributed by atoms with E-state index >= 15 is 0 Å². The minimum Gasteiger partial charge on any atom is -0.462 e. The molecule has 0 saturated carbocycles. The molecule has 1 N–H and O–H groups in total. The molecule has 7 heteroatoms. The topological polar surface area (TPSA) is 73.3 Å². The first-order valence-electron chi connectivity index (χ1n) is 8.79. The molecule has 1 aromatic carbocycles. The largest absolute Gasteiger partial charge is 0.462 e. The van der Waals surface area contributed by atoms with Crippen LogP contribution in [0.25, 0.3) is 10.2 Å². The number of ether oxygens (including phenoxy) is 2. The van der Waals surface area contributed by atoms with Gasteiger partial charge < -0.3 is 14.8 Å². The zero-order valence-electron chi connectivity index (χ0n) is 16.0. The van der Waals surface area contributed by atoms with Gasteiger partial charge >= 0.3 is 5.97 Å². The first-order chi connectivity index (χ1) is 13.0. The number of nitrogens with one attached hydrogen (secondary N) is 1. The van der Waals surface area contributed by atoms with Crippen LogP contribution >= 0.6 is 11.3 Å². The summed E-state index contributed by atoms with van der Waals surface area (Å²) >= 11 is 1.35. The van der Waals surface area contributed by atoms with Crippen molar-refractivity contribution in [1.82, 2.24) is 9.97 Å². The zero-order valence-corrected chi connectivity index (χ0v) is 16.8. The number of fused-ring (bicyclic) bond motifs is 1. The number of hydrogen-bond acceptors (Lipinski definition) is 7. The fourth-order valence-corrected chi connectivity index (χ4v) is 3.99. The highest BCUT2D eigenvalue weighted by molar-refractivity contribution is 7.20. The van der Waals surface area contributed by atoms with Gasteiger partial charge in [0, 0.05) is 13.7 Å². The molecule has 3 rings (SSSR count). The number of methoxy groups -OCH3 is 1. The van der Waals surface area contributed by atoms with Crippen LogP contribution in [-0.2, 0) is 22.6 Å². The lowest BCUT2D eigenvalue weighted by atomic mass is 10.1. The number of thiophene rings is 1. The molecular formula is C20H23N3O3S. The molecule has 2 aromatic heterocycles. The van der Waals surface area contributed by atoms with E-state index in [1.807, 2.05) is 13.8 Å². The van der Waals surface area contributed by atoms with Crippen molar-refractivity contribution in [2.24, 2.45) is 0 Å². The Labute approximate surface area is 162 Å². The fourth-order valence-electron chi connectivity index (χ4n) is 2.87. The second-order valence-electron chi connectivity index (χ2n) is 6.18. The molecule has 0 atom stereocenters. The quantitative estimate of drug-likeness (QED) is 0.613. The maximum Gasteiger partial charge on any atom is 0.348 e. The SMILES string of the molecule is CCOC(=O)c1sc2nc(C)nc(NCc3ccc(COC)cc3)c2c1C. The van der Waals surface area contributed by atoms with Crippen LogP contribution in [-0.4, -0.2) is 29.7 Å². The molecule has 0 aliphatic rings. The van der Waals surface area contributed by atoms with Crippen molar-refractivity contribution in [2.75, 3.05) is 19.0 Å². The highest BCUT2D eigenvalue weighted by Crippen LogP contribution is 2.34. The van der Waals surface area contributed by atoms with Gasteiger partial charge in [0.15, 0.2) is 0 Å². The number of carbonyl (C=O) groups is 1. The van der Waals surface area contributed by atoms with Crippen molar-refractivity contribution in [3.63, 3.8) is 0 Å². The van der Waals surface area contributed by atoms with Gasteiger partial charge in [0.05, 0.1) is 18.6 Å². The smallest absolute Gasteiger partial charge is 0.348 e. The summed E-state index contributed by atoms with van der Waals surface area (Å²) in [6.07, 6.45) is 0. The molecule has 27 heavy (non-hydrogen) atoms. The fraction of sp³-hybridized carbons (Fsp3) is 0.350. The van der Waals surface area contributed by atoms with E-state index in [-0.39, 0.29) is 5.97 Å². The van der Waals surface area contributed by atoms with E-state index in [0.29, 0.717) is 30.5 Å². The average molecular weight is 385 g/mol. The number of aryl methyl sites for hydroxylation is 2. The second-order valence-corrected chi connectivity index (χ2v) is 7.18. The van der Waals surface area contributed by atoms with E-state index in [4.69, 9.17) is 9.47 Å². The summed E-state index contributed by atoms with van der Waals surface area (Å²) in [4.78, 5) is 22.6. The lowest BCUT2D eigenvalue weighted by Crippen LogP contribution is -2.05. The Kier molecular flexibility index (Phi) is 6.03. The number of anilines is 1. The molecule has 142 valence electrons. The van der Waals surface area contributed by atoms with Crippen LogP contribution in [0, 0.1) is 13.8 Å². The summed E-state index contributed by atoms with van der Waals surface area (Å²) in [5, 5.41) is 4.27. The molecule has 3 aromatic rings. The highest BCUT2D eigenvalue weighted by Gasteiger charge is 2.20. The zero-order chi connectivity index (χ0) is 19.4. The Morgan fingerprint density at radius 2 is 1.85 bits per heavy atom. The molecule has 0 unspecified atom stereocenters. The first kappa shape index (κ1) is 19.3. The van der Waals surface area contributed by atoms with Crippen LogP contribution in [0.5, 0.6) is 0 Å². The van der Waals surface area contributed by atoms with Crippen molar-refractivity contribution in [1.29, 1.82) is 0 Å². The lowest BCUT2D eigenvalue weighted by Gasteiger charge is -2.09. The monoisotopic (exact) mass is 385 g/mol. The van der Waals surface area contributed by atoms with E-state index < -0.39 is 0 Å². The van der Waals surface area contributed by atoms with Gasteiger partial charge in [0.25, 0.3) is 0 Å². The minimum atomic E-state index is -0.310. The molecule has 0 bridgehead atoms. The van der Waals surface area contributed by atoms with Crippen LogP contribution in [0.3, 0.4) is 0 Å². The number of hydrogen-bond donors (Lipinski definition) is 1. The summed E-state index contributed by atoms with van der Waals surface area (Å²) in [6.45, 7) is 7.14. The predicted octanol–water partition coefficient (Wildman–Crippen LogP) is 4.24. The number of carbonyl (C=O) groups excluding carboxylic acids is 1. The Balaban J connectivity index is 1.88. The molecule has 0 aliphatic carbocycles. The van der Waals surface area contributed by atoms with E-state index in [0.717, 1.165) is 32.7 Å². The normalized spacial score (nSPS) is 11.0. The van der Waals surface area contributed by atoms with E-state index in [2.05, 4.69) is 39.6 Å². The number of aromatic nitrogens is 2. The molecule has 0 spiro atoms. The van der Waals surface area contributed by atoms with Crippen LogP contribution < -0.4 is 5.32 Å². The Hall–Kier alpha value is -2.51. The van der Waals surface area contributed by atoms with Crippen molar-refractivity contribution < 1.29 is 14.3 Å². The first-order valence-corrected chi connectivity index (χ1v) is 9.60. The van der Waals surface area contributed by atoms with Crippen molar-refractivity contribution in [2.45, 2.75) is 33.9 Å². The van der Waals surface area contributed by atoms with Gasteiger partial charge in [0.1, 0.15) is 21.3 Å². The van der Waals surface area contributed by atoms with Crippen LogP contribution in [0.4, 0.5) is 5.82 Å². The minimum absolute atomic E-state index is 0.310. The maximum absolute atomic E-state index is 12.2. The summed E-state index contributed by atoms with van der Waals surface area (Å²) in [6, 6.07) is 8.24. The Bertz CT molecular complexity index is 951. The molecular weight excluding hydrogens is 362 g/mol. The summed E-state index contributed by atoms with van der Waals surface area (Å²) < 4.78 is 10.3. The molecule has 0 saturated heterocycles. The molecule has 0 amide bonds. The molecule has 6 nitrogen and oxygen atoms in total. The Morgan fingerprint density at radius 1 is 1.15 bits per heavy atom. The standard InChI is InChI=1S/C20H23N3O3S/c1-5-26-20(24)17-12(2)16-18(22-13(3)23-19(16)27-17)21-10-14-6-8-15(9-7-14)11-25-4/h6-9H,5,10-11H2,1-4H3,(H,21,22,23). The molecule has 0 aliphatic heterocycles. The molecule has 0 fully saturated rings. The molecule has 0 radical (unpaired) electrons. The third-order valence-corrected chi connectivity index (χ3v) is 5.32. The van der Waals surface area contributed by atoms with Crippen molar-refractivity contribution in [3.8, 4) is 0 Å². The van der Waals surface area contributed by atoms with Gasteiger partial charge in [-0.3, -0.25) is 0 Å². The second kappa shape index (κ2) is 8.45. The van der Waals surface area contributed by atoms with Crippen molar-refractivity contribution >= 4 is 33.3 Å². The third kappa shape index (κ3) is 4.26. The van der Waals surface area contributed by atoms with Gasteiger partial charge in [-0.05, 0) is 37.5 Å². The maximum atomic E-state index is 12.2. The lowest BCUT2D eigenvalue weighted by molar-refractivity contribution is 0.0531. The van der Waals surface area contributed by atoms with Gasteiger partial charge in [-0.2, -0.15) is 0 Å². The van der Waals surface area contributed by atoms with Crippen LogP contribution in [0.2, 0.25) is 0 Å². The number of rotatable bonds is 7. The van der Waals surface area contributed by atoms with Crippen LogP contribution in [0.15, 0.2) is 24.3 Å². The number of esters is 1. The van der Waals surface area contributed by atoms with Gasteiger partial charge in [-0.1, -0.05) is 24.3 Å². The van der Waals surface area contributed by atoms with Crippen molar-refractivity contribution in [3.05, 3.63) is 51.7 Å². The summed E-state index contributed by atoms with van der Waals surface area (Å²) in [5.41, 5.74) is 3.12. The summed E-state index contributed by atoms with van der Waals surface area (Å²) in [7, 11) is 1.69. The number of benzene rings is 1. The molecule has 2 heterocycles. The highest BCUT2D eigenvalue weighted by atomic mass is 32.1. The van der Waals surface area contributed by atoms with E-state index in [9.17, 15) is 4.79 Å². The average Bonchev–Trinajstić information content (AvgIpc) is 2.98. The third-order valence-electron chi connectivity index (χ3n) is 4.16. The van der Waals surface area contributed by atoms with E-state index in [1.165, 1.54) is 11.3 Å². The van der Waals surface area contributed by atoms with E-state index in [1.54, 1.807) is 14.0 Å². The van der Waals surface area contributed by atoms with Gasteiger partial charge in [-0.25, -0.2) is 14.8 Å². The van der Waals surface area contributed by atoms with Crippen LogP contribution in [0.1, 0.15) is 39.1 Å². The number of nitrogens with zero attached hydrogens (tertiary/aromatic N) is 2. The predicted molar refractivity (Wildman–Crippen MR) is 107 cm³/mol.